The van der Waals surface area contributed by atoms with Crippen LogP contribution in [0.1, 0.15) is 51.8 Å². The van der Waals surface area contributed by atoms with E-state index >= 15 is 0 Å². The third kappa shape index (κ3) is 3.68. The molecule has 1 heterocycles. The van der Waals surface area contributed by atoms with Gasteiger partial charge in [0, 0.05) is 11.1 Å². The van der Waals surface area contributed by atoms with Gasteiger partial charge in [0.1, 0.15) is 5.69 Å². The fourth-order valence-electron chi connectivity index (χ4n) is 1.97. The molecule has 0 aliphatic heterocycles. The van der Waals surface area contributed by atoms with E-state index in [1.807, 2.05) is 32.9 Å². The fraction of sp³-hybridized carbons (Fsp3) is 0.438. The van der Waals surface area contributed by atoms with Crippen LogP contribution in [0, 0.1) is 0 Å². The smallest absolute Gasteiger partial charge is 0.274 e. The van der Waals surface area contributed by atoms with Crippen molar-refractivity contribution in [2.75, 3.05) is 5.32 Å². The number of aromatic nitrogens is 3. The van der Waals surface area contributed by atoms with E-state index in [-0.39, 0.29) is 11.0 Å². The molecular formula is C16H22N4O. The summed E-state index contributed by atoms with van der Waals surface area (Å²) in [5.41, 5.74) is 2.04. The molecule has 112 valence electrons. The minimum absolute atomic E-state index is 0.209. The molecule has 21 heavy (non-hydrogen) atoms. The van der Waals surface area contributed by atoms with Crippen LogP contribution in [0.5, 0.6) is 0 Å². The van der Waals surface area contributed by atoms with E-state index in [4.69, 9.17) is 0 Å². The molecule has 0 saturated carbocycles. The molecule has 0 spiro atoms. The summed E-state index contributed by atoms with van der Waals surface area (Å²) >= 11 is 0. The number of anilines is 2. The average molecular weight is 286 g/mol. The van der Waals surface area contributed by atoms with Crippen molar-refractivity contribution in [1.29, 1.82) is 0 Å². The number of benzene rings is 1. The molecular weight excluding hydrogens is 264 g/mol. The zero-order chi connectivity index (χ0) is 15.6. The first-order valence-corrected chi connectivity index (χ1v) is 7.12. The summed E-state index contributed by atoms with van der Waals surface area (Å²) in [7, 11) is 0. The van der Waals surface area contributed by atoms with E-state index in [9.17, 15) is 4.79 Å². The molecule has 0 radical (unpaired) electrons. The number of hydrogen-bond donors (Lipinski definition) is 2. The summed E-state index contributed by atoms with van der Waals surface area (Å²) in [6, 6.07) is 8.05. The van der Waals surface area contributed by atoms with Crippen LogP contribution in [0.3, 0.4) is 0 Å². The maximum atomic E-state index is 12.0. The summed E-state index contributed by atoms with van der Waals surface area (Å²) in [4.78, 5) is 14.8. The number of rotatable bonds is 3. The van der Waals surface area contributed by atoms with E-state index in [2.05, 4.69) is 46.5 Å². The van der Waals surface area contributed by atoms with Gasteiger partial charge in [-0.15, -0.1) is 10.2 Å². The van der Waals surface area contributed by atoms with Crippen molar-refractivity contribution in [3.8, 4) is 0 Å². The maximum Gasteiger partial charge on any atom is 0.274 e. The highest BCUT2D eigenvalue weighted by Gasteiger charge is 2.20. The van der Waals surface area contributed by atoms with Gasteiger partial charge in [-0.3, -0.25) is 9.78 Å². The van der Waals surface area contributed by atoms with E-state index in [1.54, 1.807) is 0 Å². The van der Waals surface area contributed by atoms with Crippen LogP contribution in [0.15, 0.2) is 29.1 Å². The lowest BCUT2D eigenvalue weighted by atomic mass is 9.93. The molecule has 0 bridgehead atoms. The molecule has 2 N–H and O–H groups in total. The van der Waals surface area contributed by atoms with Gasteiger partial charge in [-0.05, 0) is 23.6 Å². The van der Waals surface area contributed by atoms with E-state index in [0.29, 0.717) is 17.6 Å². The number of nitrogens with one attached hydrogen (secondary N) is 2. The van der Waals surface area contributed by atoms with Crippen LogP contribution in [0.4, 0.5) is 11.6 Å². The van der Waals surface area contributed by atoms with Gasteiger partial charge < -0.3 is 5.32 Å². The Balaban J connectivity index is 2.21. The van der Waals surface area contributed by atoms with Crippen LogP contribution in [-0.2, 0) is 5.41 Å². The van der Waals surface area contributed by atoms with E-state index in [1.165, 1.54) is 5.56 Å². The summed E-state index contributed by atoms with van der Waals surface area (Å²) in [6.45, 7) is 10.1. The minimum Gasteiger partial charge on any atom is -0.324 e. The molecule has 0 atom stereocenters. The Hall–Kier alpha value is -2.17. The number of hydrogen-bond acceptors (Lipinski definition) is 4. The fourth-order valence-corrected chi connectivity index (χ4v) is 1.97. The molecule has 1 aromatic carbocycles. The van der Waals surface area contributed by atoms with Gasteiger partial charge in [-0.25, -0.2) is 0 Å². The first kappa shape index (κ1) is 15.2. The van der Waals surface area contributed by atoms with Crippen LogP contribution in [0.2, 0.25) is 0 Å². The molecule has 0 unspecified atom stereocenters. The second kappa shape index (κ2) is 5.68. The number of H-pyrrole nitrogens is 1. The standard InChI is InChI=1S/C16H22N4O/c1-10(2)11-6-8-12(9-7-11)17-15-18-14(21)13(19-20-15)16(3,4)5/h6-10H,1-5H3,(H2,17,18,20,21). The average Bonchev–Trinajstić information content (AvgIpc) is 2.37. The molecule has 2 rings (SSSR count). The van der Waals surface area contributed by atoms with E-state index < -0.39 is 0 Å². The summed E-state index contributed by atoms with van der Waals surface area (Å²) in [6.07, 6.45) is 0. The van der Waals surface area contributed by atoms with Gasteiger partial charge >= 0.3 is 0 Å². The highest BCUT2D eigenvalue weighted by Crippen LogP contribution is 2.19. The lowest BCUT2D eigenvalue weighted by Gasteiger charge is -2.15. The Bertz CT molecular complexity index is 666. The maximum absolute atomic E-state index is 12.0. The van der Waals surface area contributed by atoms with E-state index in [0.717, 1.165) is 5.69 Å². The van der Waals surface area contributed by atoms with Crippen molar-refractivity contribution in [2.45, 2.75) is 46.0 Å². The lowest BCUT2D eigenvalue weighted by Crippen LogP contribution is -2.28. The summed E-state index contributed by atoms with van der Waals surface area (Å²) in [5, 5.41) is 11.1. The SMILES string of the molecule is CC(C)c1ccc(Nc2nnc(C(C)(C)C)c(=O)[nH]2)cc1. The zero-order valence-corrected chi connectivity index (χ0v) is 13.2. The third-order valence-electron chi connectivity index (χ3n) is 3.25. The second-order valence-electron chi connectivity index (χ2n) is 6.50. The van der Waals surface area contributed by atoms with Crippen LogP contribution >= 0.6 is 0 Å². The van der Waals surface area contributed by atoms with Crippen molar-refractivity contribution in [3.63, 3.8) is 0 Å². The normalized spacial score (nSPS) is 11.7. The molecule has 5 nitrogen and oxygen atoms in total. The van der Waals surface area contributed by atoms with Gasteiger partial charge in [0.15, 0.2) is 0 Å². The zero-order valence-electron chi connectivity index (χ0n) is 13.2. The minimum atomic E-state index is -0.321. The van der Waals surface area contributed by atoms with Crippen molar-refractivity contribution < 1.29 is 0 Å². The monoisotopic (exact) mass is 286 g/mol. The van der Waals surface area contributed by atoms with Gasteiger partial charge in [-0.2, -0.15) is 0 Å². The van der Waals surface area contributed by atoms with Crippen molar-refractivity contribution in [2.24, 2.45) is 0 Å². The third-order valence-corrected chi connectivity index (χ3v) is 3.25. The molecule has 0 saturated heterocycles. The Morgan fingerprint density at radius 1 is 1.10 bits per heavy atom. The van der Waals surface area contributed by atoms with Crippen molar-refractivity contribution in [1.82, 2.24) is 15.2 Å². The lowest BCUT2D eigenvalue weighted by molar-refractivity contribution is 0.547. The van der Waals surface area contributed by atoms with Gasteiger partial charge in [0.2, 0.25) is 5.95 Å². The highest BCUT2D eigenvalue weighted by atomic mass is 16.1. The molecule has 0 amide bonds. The Morgan fingerprint density at radius 2 is 1.71 bits per heavy atom. The largest absolute Gasteiger partial charge is 0.324 e. The summed E-state index contributed by atoms with van der Waals surface area (Å²) < 4.78 is 0. The predicted octanol–water partition coefficient (Wildman–Crippen LogP) is 3.33. The predicted molar refractivity (Wildman–Crippen MR) is 85.2 cm³/mol. The van der Waals surface area contributed by atoms with Gasteiger partial charge in [-0.1, -0.05) is 46.8 Å². The first-order chi connectivity index (χ1) is 9.77. The molecule has 2 aromatic rings. The molecule has 1 aromatic heterocycles. The number of aromatic amines is 1. The van der Waals surface area contributed by atoms with Crippen LogP contribution in [0.25, 0.3) is 0 Å². The number of nitrogens with zero attached hydrogens (tertiary/aromatic N) is 2. The van der Waals surface area contributed by atoms with Gasteiger partial charge in [0.05, 0.1) is 0 Å². The molecule has 5 heteroatoms. The highest BCUT2D eigenvalue weighted by molar-refractivity contribution is 5.53. The summed E-state index contributed by atoms with van der Waals surface area (Å²) in [5.74, 6) is 0.843. The van der Waals surface area contributed by atoms with Crippen LogP contribution < -0.4 is 10.9 Å². The Kier molecular flexibility index (Phi) is 4.11. The Labute approximate surface area is 124 Å². The first-order valence-electron chi connectivity index (χ1n) is 7.12. The van der Waals surface area contributed by atoms with Crippen molar-refractivity contribution in [3.05, 3.63) is 45.9 Å². The second-order valence-corrected chi connectivity index (χ2v) is 6.50. The molecule has 0 aliphatic rings. The Morgan fingerprint density at radius 3 is 2.19 bits per heavy atom. The quantitative estimate of drug-likeness (QED) is 0.908. The molecule has 0 aliphatic carbocycles. The molecule has 0 fully saturated rings. The van der Waals surface area contributed by atoms with Crippen molar-refractivity contribution >= 4 is 11.6 Å². The van der Waals surface area contributed by atoms with Crippen LogP contribution in [-0.4, -0.2) is 15.2 Å². The van der Waals surface area contributed by atoms with Gasteiger partial charge in [0.25, 0.3) is 5.56 Å². The topological polar surface area (TPSA) is 70.7 Å².